The van der Waals surface area contributed by atoms with Crippen LogP contribution in [0.15, 0.2) is 12.4 Å². The minimum Gasteiger partial charge on any atom is -0.384 e. The molecule has 1 aliphatic rings. The molecule has 1 aromatic rings. The van der Waals surface area contributed by atoms with Crippen molar-refractivity contribution in [3.63, 3.8) is 0 Å². The van der Waals surface area contributed by atoms with E-state index >= 15 is 0 Å². The third kappa shape index (κ3) is 2.18. The van der Waals surface area contributed by atoms with E-state index in [1.807, 2.05) is 4.90 Å². The second-order valence-electron chi connectivity index (χ2n) is 3.85. The van der Waals surface area contributed by atoms with Crippen LogP contribution in [-0.2, 0) is 4.74 Å². The third-order valence-corrected chi connectivity index (χ3v) is 2.72. The van der Waals surface area contributed by atoms with Gasteiger partial charge >= 0.3 is 0 Å². The van der Waals surface area contributed by atoms with Crippen LogP contribution in [0.1, 0.15) is 16.8 Å². The molecular formula is C10H15N3O2. The molecule has 1 aliphatic heterocycles. The van der Waals surface area contributed by atoms with Gasteiger partial charge in [-0.25, -0.2) is 0 Å². The number of rotatable bonds is 3. The molecule has 2 rings (SSSR count). The molecule has 1 aromatic heterocycles. The van der Waals surface area contributed by atoms with Crippen LogP contribution >= 0.6 is 0 Å². The highest BCUT2D eigenvalue weighted by molar-refractivity contribution is 5.93. The Kier molecular flexibility index (Phi) is 3.01. The van der Waals surface area contributed by atoms with Crippen LogP contribution in [0.2, 0.25) is 0 Å². The lowest BCUT2D eigenvalue weighted by atomic mass is 10.1. The second-order valence-corrected chi connectivity index (χ2v) is 3.85. The number of H-pyrrole nitrogens is 1. The van der Waals surface area contributed by atoms with E-state index < -0.39 is 0 Å². The number of ether oxygens (including phenoxy) is 1. The maximum atomic E-state index is 11.9. The van der Waals surface area contributed by atoms with Crippen molar-refractivity contribution in [1.29, 1.82) is 0 Å². The first-order chi connectivity index (χ1) is 7.31. The fourth-order valence-electron chi connectivity index (χ4n) is 1.94. The standard InChI is InChI=1S/C10H15N3O2/c1-15-7-8-2-3-13(6-8)10(14)9-4-11-12-5-9/h4-5,8H,2-3,6-7H2,1H3,(H,11,12). The van der Waals surface area contributed by atoms with Gasteiger partial charge in [0.2, 0.25) is 0 Å². The minimum atomic E-state index is 0.0577. The van der Waals surface area contributed by atoms with Crippen molar-refractivity contribution < 1.29 is 9.53 Å². The van der Waals surface area contributed by atoms with Crippen LogP contribution in [0, 0.1) is 5.92 Å². The Morgan fingerprint density at radius 3 is 3.33 bits per heavy atom. The van der Waals surface area contributed by atoms with Gasteiger partial charge in [-0.2, -0.15) is 5.10 Å². The number of nitrogens with zero attached hydrogens (tertiary/aromatic N) is 2. The summed E-state index contributed by atoms with van der Waals surface area (Å²) >= 11 is 0. The Bertz CT molecular complexity index is 323. The number of amides is 1. The number of carbonyl (C=O) groups is 1. The molecule has 1 unspecified atom stereocenters. The zero-order chi connectivity index (χ0) is 10.7. The number of likely N-dealkylation sites (tertiary alicyclic amines) is 1. The zero-order valence-electron chi connectivity index (χ0n) is 8.77. The highest BCUT2D eigenvalue weighted by Gasteiger charge is 2.26. The van der Waals surface area contributed by atoms with Gasteiger partial charge in [0.15, 0.2) is 0 Å². The molecule has 1 atom stereocenters. The van der Waals surface area contributed by atoms with Gasteiger partial charge in [-0.15, -0.1) is 0 Å². The molecule has 0 radical (unpaired) electrons. The molecule has 0 aromatic carbocycles. The van der Waals surface area contributed by atoms with Gasteiger partial charge in [-0.1, -0.05) is 0 Å². The van der Waals surface area contributed by atoms with Crippen LogP contribution in [0.25, 0.3) is 0 Å². The van der Waals surface area contributed by atoms with Crippen LogP contribution in [0.5, 0.6) is 0 Å². The van der Waals surface area contributed by atoms with E-state index in [0.717, 1.165) is 26.1 Å². The Labute approximate surface area is 88.4 Å². The predicted octanol–water partition coefficient (Wildman–Crippen LogP) is 0.518. The van der Waals surface area contributed by atoms with Gasteiger partial charge in [-0.05, 0) is 6.42 Å². The van der Waals surface area contributed by atoms with Gasteiger partial charge in [0.05, 0.1) is 18.4 Å². The number of nitrogens with one attached hydrogen (secondary N) is 1. The van der Waals surface area contributed by atoms with Gasteiger partial charge in [0, 0.05) is 32.3 Å². The number of hydrogen-bond acceptors (Lipinski definition) is 3. The summed E-state index contributed by atoms with van der Waals surface area (Å²) in [6.45, 7) is 2.34. The lowest BCUT2D eigenvalue weighted by Gasteiger charge is -2.15. The van der Waals surface area contributed by atoms with Crippen LogP contribution in [-0.4, -0.2) is 47.8 Å². The lowest BCUT2D eigenvalue weighted by Crippen LogP contribution is -2.28. The van der Waals surface area contributed by atoms with Crippen molar-refractivity contribution >= 4 is 5.91 Å². The fourth-order valence-corrected chi connectivity index (χ4v) is 1.94. The molecule has 5 nitrogen and oxygen atoms in total. The molecule has 82 valence electrons. The molecule has 1 fully saturated rings. The Morgan fingerprint density at radius 2 is 2.67 bits per heavy atom. The van der Waals surface area contributed by atoms with E-state index in [-0.39, 0.29) is 5.91 Å². The third-order valence-electron chi connectivity index (χ3n) is 2.72. The SMILES string of the molecule is COCC1CCN(C(=O)c2cn[nH]c2)C1. The number of aromatic amines is 1. The minimum absolute atomic E-state index is 0.0577. The van der Waals surface area contributed by atoms with E-state index in [9.17, 15) is 4.79 Å². The van der Waals surface area contributed by atoms with Crippen molar-refractivity contribution in [2.45, 2.75) is 6.42 Å². The molecule has 15 heavy (non-hydrogen) atoms. The molecule has 0 bridgehead atoms. The summed E-state index contributed by atoms with van der Waals surface area (Å²) in [4.78, 5) is 13.7. The second kappa shape index (κ2) is 4.44. The van der Waals surface area contributed by atoms with E-state index in [1.165, 1.54) is 0 Å². The summed E-state index contributed by atoms with van der Waals surface area (Å²) in [5, 5.41) is 6.42. The van der Waals surface area contributed by atoms with Gasteiger partial charge < -0.3 is 9.64 Å². The number of carbonyl (C=O) groups excluding carboxylic acids is 1. The van der Waals surface area contributed by atoms with Crippen LogP contribution < -0.4 is 0 Å². The van der Waals surface area contributed by atoms with Crippen LogP contribution in [0.3, 0.4) is 0 Å². The summed E-state index contributed by atoms with van der Waals surface area (Å²) in [5.74, 6) is 0.535. The average Bonchev–Trinajstić information content (AvgIpc) is 2.87. The van der Waals surface area contributed by atoms with E-state index in [4.69, 9.17) is 4.74 Å². The van der Waals surface area contributed by atoms with Crippen molar-refractivity contribution in [3.05, 3.63) is 18.0 Å². The Hall–Kier alpha value is -1.36. The first-order valence-corrected chi connectivity index (χ1v) is 5.08. The average molecular weight is 209 g/mol. The van der Waals surface area contributed by atoms with Crippen molar-refractivity contribution in [2.75, 3.05) is 26.8 Å². The smallest absolute Gasteiger partial charge is 0.257 e. The molecule has 0 spiro atoms. The summed E-state index contributed by atoms with van der Waals surface area (Å²) < 4.78 is 5.09. The number of aromatic nitrogens is 2. The monoisotopic (exact) mass is 209 g/mol. The maximum Gasteiger partial charge on any atom is 0.257 e. The zero-order valence-corrected chi connectivity index (χ0v) is 8.77. The molecule has 5 heteroatoms. The largest absolute Gasteiger partial charge is 0.384 e. The Morgan fingerprint density at radius 1 is 1.80 bits per heavy atom. The normalized spacial score (nSPS) is 20.9. The molecule has 2 heterocycles. The molecule has 0 saturated carbocycles. The van der Waals surface area contributed by atoms with Crippen LogP contribution in [0.4, 0.5) is 0 Å². The van der Waals surface area contributed by atoms with Gasteiger partial charge in [0.25, 0.3) is 5.91 Å². The first-order valence-electron chi connectivity index (χ1n) is 5.08. The van der Waals surface area contributed by atoms with Gasteiger partial charge in [-0.3, -0.25) is 9.89 Å². The van der Waals surface area contributed by atoms with Gasteiger partial charge in [0.1, 0.15) is 0 Å². The summed E-state index contributed by atoms with van der Waals surface area (Å²) in [6, 6.07) is 0. The Balaban J connectivity index is 1.93. The number of methoxy groups -OCH3 is 1. The van der Waals surface area contributed by atoms with Crippen molar-refractivity contribution in [3.8, 4) is 0 Å². The molecular weight excluding hydrogens is 194 g/mol. The first kappa shape index (κ1) is 10.2. The highest BCUT2D eigenvalue weighted by Crippen LogP contribution is 2.18. The summed E-state index contributed by atoms with van der Waals surface area (Å²) in [6.07, 6.45) is 4.22. The molecule has 1 saturated heterocycles. The highest BCUT2D eigenvalue weighted by atomic mass is 16.5. The van der Waals surface area contributed by atoms with E-state index in [1.54, 1.807) is 19.5 Å². The van der Waals surface area contributed by atoms with Crippen molar-refractivity contribution in [1.82, 2.24) is 15.1 Å². The van der Waals surface area contributed by atoms with Crippen molar-refractivity contribution in [2.24, 2.45) is 5.92 Å². The lowest BCUT2D eigenvalue weighted by molar-refractivity contribution is 0.0775. The molecule has 1 N–H and O–H groups in total. The quantitative estimate of drug-likeness (QED) is 0.789. The molecule has 0 aliphatic carbocycles. The fraction of sp³-hybridized carbons (Fsp3) is 0.600. The van der Waals surface area contributed by atoms with E-state index in [2.05, 4.69) is 10.2 Å². The maximum absolute atomic E-state index is 11.9. The van der Waals surface area contributed by atoms with E-state index in [0.29, 0.717) is 11.5 Å². The predicted molar refractivity (Wildman–Crippen MR) is 54.5 cm³/mol. The summed E-state index contributed by atoms with van der Waals surface area (Å²) in [5.41, 5.74) is 0.632. The molecule has 1 amide bonds. The summed E-state index contributed by atoms with van der Waals surface area (Å²) in [7, 11) is 1.69. The number of hydrogen-bond donors (Lipinski definition) is 1. The topological polar surface area (TPSA) is 58.2 Å².